The Morgan fingerprint density at radius 2 is 1.41 bits per heavy atom. The monoisotopic (exact) mass is 537 g/mol. The van der Waals surface area contributed by atoms with Crippen LogP contribution >= 0.6 is 31.9 Å². The Labute approximate surface area is 184 Å². The molecule has 9 nitrogen and oxygen atoms in total. The Kier molecular flexibility index (Phi) is 12.6. The summed E-state index contributed by atoms with van der Waals surface area (Å²) < 4.78 is 14.4. The predicted molar refractivity (Wildman–Crippen MR) is 112 cm³/mol. The normalized spacial score (nSPS) is 10.3. The van der Waals surface area contributed by atoms with Crippen LogP contribution in [0.4, 0.5) is 5.69 Å². The molecule has 0 radical (unpaired) electrons. The molecule has 1 aromatic rings. The van der Waals surface area contributed by atoms with E-state index >= 15 is 0 Å². The predicted octanol–water partition coefficient (Wildman–Crippen LogP) is 2.94. The highest BCUT2D eigenvalue weighted by molar-refractivity contribution is 9.11. The van der Waals surface area contributed by atoms with Gasteiger partial charge in [-0.1, -0.05) is 0 Å². The average Bonchev–Trinajstić information content (AvgIpc) is 2.68. The van der Waals surface area contributed by atoms with Gasteiger partial charge in [-0.2, -0.15) is 0 Å². The Morgan fingerprint density at radius 3 is 1.76 bits per heavy atom. The molecule has 3 N–H and O–H groups in total. The molecular weight excluding hydrogens is 518 g/mol. The molecule has 0 unspecified atom stereocenters. The van der Waals surface area contributed by atoms with E-state index in [9.17, 15) is 19.2 Å². The lowest BCUT2D eigenvalue weighted by Crippen LogP contribution is -2.09. The van der Waals surface area contributed by atoms with E-state index in [1.807, 2.05) is 0 Å². The summed E-state index contributed by atoms with van der Waals surface area (Å²) in [6, 6.07) is 3.37. The molecule has 0 saturated carbocycles. The minimum Gasteiger partial charge on any atom is -0.481 e. The summed E-state index contributed by atoms with van der Waals surface area (Å²) in [7, 11) is 3.76. The van der Waals surface area contributed by atoms with Crippen molar-refractivity contribution in [3.63, 3.8) is 0 Å². The van der Waals surface area contributed by atoms with E-state index in [0.717, 1.165) is 0 Å². The third kappa shape index (κ3) is 10.6. The highest BCUT2D eigenvalue weighted by Crippen LogP contribution is 2.30. The molecule has 1 aromatic carbocycles. The molecular formula is C18H21Br2NO8. The summed E-state index contributed by atoms with van der Waals surface area (Å²) in [5.74, 6) is -2.58. The quantitative estimate of drug-likeness (QED) is 0.232. The molecule has 0 spiro atoms. The van der Waals surface area contributed by atoms with Crippen molar-refractivity contribution in [3.8, 4) is 0 Å². The smallest absolute Gasteiger partial charge is 0.334 e. The molecule has 11 heteroatoms. The second kappa shape index (κ2) is 13.7. The Hall–Kier alpha value is -2.40. The number of hydrogen-bond acceptors (Lipinski definition) is 8. The van der Waals surface area contributed by atoms with Crippen LogP contribution in [0.1, 0.15) is 24.8 Å². The van der Waals surface area contributed by atoms with Crippen LogP contribution in [0.15, 0.2) is 26.7 Å². The van der Waals surface area contributed by atoms with Gasteiger partial charge in [-0.3, -0.25) is 14.4 Å². The Morgan fingerprint density at radius 1 is 0.966 bits per heavy atom. The number of esters is 3. The number of nitrogens with two attached hydrogens (primary N) is 1. The number of aliphatic carboxylic acids is 1. The molecule has 0 aliphatic carbocycles. The van der Waals surface area contributed by atoms with E-state index in [-0.39, 0.29) is 18.4 Å². The highest BCUT2D eigenvalue weighted by Gasteiger charge is 2.14. The Balaban J connectivity index is 0.000000665. The number of carbonyl (C=O) groups is 4. The van der Waals surface area contributed by atoms with Crippen molar-refractivity contribution in [1.29, 1.82) is 0 Å². The third-order valence-corrected chi connectivity index (χ3v) is 4.53. The van der Waals surface area contributed by atoms with Crippen LogP contribution in [-0.4, -0.2) is 50.3 Å². The standard InChI is InChI=1S/C12H11Br2NO4.C6H10O4/c1-19-12(18)7(5-10(16)17)2-6-3-8(13)11(15)9(14)4-6;1-9-5(7)3-4-6(8)10-2/h2-4H,5,15H2,1H3,(H,16,17);3-4H2,1-2H3. The molecule has 160 valence electrons. The van der Waals surface area contributed by atoms with Crippen LogP contribution in [0, 0.1) is 0 Å². The van der Waals surface area contributed by atoms with Crippen LogP contribution in [0.3, 0.4) is 0 Å². The van der Waals surface area contributed by atoms with E-state index in [1.54, 1.807) is 12.1 Å². The highest BCUT2D eigenvalue weighted by atomic mass is 79.9. The van der Waals surface area contributed by atoms with Crippen LogP contribution < -0.4 is 5.73 Å². The maximum absolute atomic E-state index is 11.5. The van der Waals surface area contributed by atoms with Crippen molar-refractivity contribution in [2.45, 2.75) is 19.3 Å². The molecule has 0 heterocycles. The minimum absolute atomic E-state index is 0.0542. The van der Waals surface area contributed by atoms with Crippen molar-refractivity contribution in [3.05, 3.63) is 32.2 Å². The van der Waals surface area contributed by atoms with E-state index < -0.39 is 30.3 Å². The number of halogens is 2. The van der Waals surface area contributed by atoms with E-state index in [0.29, 0.717) is 20.2 Å². The lowest BCUT2D eigenvalue weighted by molar-refractivity contribution is -0.147. The van der Waals surface area contributed by atoms with Crippen molar-refractivity contribution in [2.24, 2.45) is 0 Å². The molecule has 0 aliphatic heterocycles. The number of benzene rings is 1. The molecule has 0 fully saturated rings. The zero-order valence-electron chi connectivity index (χ0n) is 16.0. The molecule has 0 bridgehead atoms. The maximum Gasteiger partial charge on any atom is 0.334 e. The SMILES string of the molecule is COC(=O)C(=Cc1cc(Br)c(N)c(Br)c1)CC(=O)O.COC(=O)CCC(=O)OC. The molecule has 29 heavy (non-hydrogen) atoms. The van der Waals surface area contributed by atoms with E-state index in [1.165, 1.54) is 27.4 Å². The van der Waals surface area contributed by atoms with Gasteiger partial charge in [-0.05, 0) is 55.6 Å². The fourth-order valence-corrected chi connectivity index (χ4v) is 2.99. The van der Waals surface area contributed by atoms with Gasteiger partial charge < -0.3 is 25.1 Å². The fourth-order valence-electron chi connectivity index (χ4n) is 1.77. The van der Waals surface area contributed by atoms with Crippen molar-refractivity contribution >= 4 is 67.5 Å². The molecule has 0 aromatic heterocycles. The number of anilines is 1. The molecule has 0 saturated heterocycles. The summed E-state index contributed by atoms with van der Waals surface area (Å²) >= 11 is 6.55. The summed E-state index contributed by atoms with van der Waals surface area (Å²) in [5.41, 5.74) is 6.96. The van der Waals surface area contributed by atoms with Crippen LogP contribution in [0.5, 0.6) is 0 Å². The van der Waals surface area contributed by atoms with Gasteiger partial charge in [0.2, 0.25) is 0 Å². The van der Waals surface area contributed by atoms with Gasteiger partial charge in [0, 0.05) is 14.5 Å². The average molecular weight is 539 g/mol. The van der Waals surface area contributed by atoms with Gasteiger partial charge in [0.15, 0.2) is 0 Å². The fraction of sp³-hybridized carbons (Fsp3) is 0.333. The number of methoxy groups -OCH3 is 3. The topological polar surface area (TPSA) is 142 Å². The lowest BCUT2D eigenvalue weighted by Gasteiger charge is -2.06. The van der Waals surface area contributed by atoms with Crippen molar-refractivity contribution in [2.75, 3.05) is 27.1 Å². The lowest BCUT2D eigenvalue weighted by atomic mass is 10.1. The first kappa shape index (κ1) is 26.6. The van der Waals surface area contributed by atoms with Crippen molar-refractivity contribution < 1.29 is 38.5 Å². The molecule has 1 rings (SSSR count). The van der Waals surface area contributed by atoms with Crippen LogP contribution in [0.2, 0.25) is 0 Å². The number of carboxylic acids is 1. The number of nitrogen functional groups attached to an aromatic ring is 1. The third-order valence-electron chi connectivity index (χ3n) is 3.22. The minimum atomic E-state index is -1.11. The summed E-state index contributed by atoms with van der Waals surface area (Å²) in [6.45, 7) is 0. The zero-order valence-corrected chi connectivity index (χ0v) is 19.2. The molecule has 0 atom stereocenters. The van der Waals surface area contributed by atoms with E-state index in [2.05, 4.69) is 46.1 Å². The van der Waals surface area contributed by atoms with Gasteiger partial charge in [0.1, 0.15) is 0 Å². The summed E-state index contributed by atoms with van der Waals surface area (Å²) in [4.78, 5) is 43.0. The first-order chi connectivity index (χ1) is 13.5. The zero-order chi connectivity index (χ0) is 22.6. The first-order valence-corrected chi connectivity index (χ1v) is 9.53. The summed E-state index contributed by atoms with van der Waals surface area (Å²) in [6.07, 6.45) is 1.22. The van der Waals surface area contributed by atoms with Crippen LogP contribution in [0.25, 0.3) is 6.08 Å². The number of carbonyl (C=O) groups excluding carboxylic acids is 3. The maximum atomic E-state index is 11.5. The Bertz CT molecular complexity index is 753. The van der Waals surface area contributed by atoms with Crippen LogP contribution in [-0.2, 0) is 33.4 Å². The number of ether oxygens (including phenoxy) is 3. The van der Waals surface area contributed by atoms with Gasteiger partial charge in [-0.15, -0.1) is 0 Å². The van der Waals surface area contributed by atoms with Gasteiger partial charge >= 0.3 is 23.9 Å². The second-order valence-corrected chi connectivity index (χ2v) is 6.99. The van der Waals surface area contributed by atoms with E-state index in [4.69, 9.17) is 10.8 Å². The molecule has 0 amide bonds. The number of hydrogen-bond donors (Lipinski definition) is 2. The van der Waals surface area contributed by atoms with Gasteiger partial charge in [0.05, 0.1) is 46.3 Å². The van der Waals surface area contributed by atoms with Crippen molar-refractivity contribution in [1.82, 2.24) is 0 Å². The van der Waals surface area contributed by atoms with Gasteiger partial charge in [-0.25, -0.2) is 4.79 Å². The summed E-state index contributed by atoms with van der Waals surface area (Å²) in [5, 5.41) is 8.77. The number of rotatable bonds is 7. The largest absolute Gasteiger partial charge is 0.481 e. The number of carboxylic acid groups (broad SMARTS) is 1. The first-order valence-electron chi connectivity index (χ1n) is 7.94. The molecule has 0 aliphatic rings. The second-order valence-electron chi connectivity index (χ2n) is 5.28. The van der Waals surface area contributed by atoms with Gasteiger partial charge in [0.25, 0.3) is 0 Å².